The van der Waals surface area contributed by atoms with Crippen molar-refractivity contribution in [2.45, 2.75) is 18.6 Å². The molecule has 0 radical (unpaired) electrons. The lowest BCUT2D eigenvalue weighted by molar-refractivity contribution is 0.280. The molecule has 104 valence electrons. The Balaban J connectivity index is 1.89. The summed E-state index contributed by atoms with van der Waals surface area (Å²) in [5.74, 6) is -0.111. The van der Waals surface area contributed by atoms with E-state index in [4.69, 9.17) is 10.9 Å². The van der Waals surface area contributed by atoms with Gasteiger partial charge in [-0.05, 0) is 21.4 Å². The van der Waals surface area contributed by atoms with Crippen molar-refractivity contribution in [2.75, 3.05) is 5.73 Å². The molecular formula is C12H12FN5O2. The zero-order valence-corrected chi connectivity index (χ0v) is 10.3. The van der Waals surface area contributed by atoms with Crippen molar-refractivity contribution in [1.29, 1.82) is 0 Å². The van der Waals surface area contributed by atoms with Crippen LogP contribution < -0.4 is 11.1 Å². The van der Waals surface area contributed by atoms with Crippen molar-refractivity contribution >= 4 is 11.7 Å². The Labute approximate surface area is 113 Å². The Morgan fingerprint density at radius 1 is 1.45 bits per heavy atom. The third-order valence-corrected chi connectivity index (χ3v) is 3.30. The van der Waals surface area contributed by atoms with E-state index in [1.54, 1.807) is 0 Å². The number of nitrogen functional groups attached to an aromatic ring is 1. The van der Waals surface area contributed by atoms with E-state index in [-0.39, 0.29) is 17.3 Å². The number of aromatic nitrogens is 2. The summed E-state index contributed by atoms with van der Waals surface area (Å²) in [7, 11) is 0. The third-order valence-electron chi connectivity index (χ3n) is 3.30. The van der Waals surface area contributed by atoms with Gasteiger partial charge in [-0.15, -0.1) is 0 Å². The third kappa shape index (κ3) is 1.94. The van der Waals surface area contributed by atoms with Crippen LogP contribution in [0, 0.1) is 0 Å². The lowest BCUT2D eigenvalue weighted by Gasteiger charge is -2.17. The minimum Gasteiger partial charge on any atom is -0.409 e. The van der Waals surface area contributed by atoms with Gasteiger partial charge in [0.25, 0.3) is 0 Å². The first-order valence-electron chi connectivity index (χ1n) is 5.99. The molecule has 2 aromatic rings. The fourth-order valence-corrected chi connectivity index (χ4v) is 2.37. The van der Waals surface area contributed by atoms with Crippen LogP contribution in [0.15, 0.2) is 34.1 Å². The van der Waals surface area contributed by atoms with E-state index in [2.05, 4.69) is 25.4 Å². The average Bonchev–Trinajstić information content (AvgIpc) is 3.00. The molecule has 1 aromatic carbocycles. The molecule has 0 aliphatic heterocycles. The number of amidine groups is 1. The van der Waals surface area contributed by atoms with Crippen LogP contribution in [-0.2, 0) is 6.42 Å². The van der Waals surface area contributed by atoms with Crippen LogP contribution in [0.4, 0.5) is 10.2 Å². The van der Waals surface area contributed by atoms with E-state index in [9.17, 15) is 4.39 Å². The second-order valence-corrected chi connectivity index (χ2v) is 4.49. The molecule has 0 amide bonds. The van der Waals surface area contributed by atoms with Gasteiger partial charge in [0.05, 0.1) is 6.04 Å². The molecule has 0 saturated heterocycles. The van der Waals surface area contributed by atoms with Crippen molar-refractivity contribution in [3.8, 4) is 0 Å². The largest absolute Gasteiger partial charge is 0.409 e. The van der Waals surface area contributed by atoms with Crippen molar-refractivity contribution in [3.63, 3.8) is 0 Å². The molecule has 20 heavy (non-hydrogen) atoms. The summed E-state index contributed by atoms with van der Waals surface area (Å²) in [6.07, 6.45) is -0.829. The summed E-state index contributed by atoms with van der Waals surface area (Å²) in [6, 6.07) is 6.74. The van der Waals surface area contributed by atoms with E-state index in [0.29, 0.717) is 6.42 Å². The van der Waals surface area contributed by atoms with E-state index in [0.717, 1.165) is 11.1 Å². The molecule has 0 saturated carbocycles. The number of hydrogen-bond donors (Lipinski definition) is 3. The molecule has 1 heterocycles. The fraction of sp³-hybridized carbons (Fsp3) is 0.250. The first kappa shape index (κ1) is 12.4. The van der Waals surface area contributed by atoms with Gasteiger partial charge in [-0.1, -0.05) is 29.4 Å². The maximum Gasteiger partial charge on any atom is 0.199 e. The van der Waals surface area contributed by atoms with Gasteiger partial charge in [0.1, 0.15) is 6.17 Å². The van der Waals surface area contributed by atoms with E-state index in [1.807, 2.05) is 24.3 Å². The lowest BCUT2D eigenvalue weighted by Crippen LogP contribution is -2.33. The molecule has 1 aromatic heterocycles. The van der Waals surface area contributed by atoms with E-state index < -0.39 is 12.2 Å². The quantitative estimate of drug-likeness (QED) is 0.327. The van der Waals surface area contributed by atoms with Gasteiger partial charge in [0.15, 0.2) is 17.3 Å². The SMILES string of the molecule is Nc1nonc1/C(=N\O)N[C@@H]1c2ccccc2C[C@H]1F. The van der Waals surface area contributed by atoms with Gasteiger partial charge in [0.2, 0.25) is 0 Å². The van der Waals surface area contributed by atoms with Gasteiger partial charge in [-0.2, -0.15) is 0 Å². The van der Waals surface area contributed by atoms with E-state index >= 15 is 0 Å². The van der Waals surface area contributed by atoms with Gasteiger partial charge >= 0.3 is 0 Å². The smallest absolute Gasteiger partial charge is 0.199 e. The minimum absolute atomic E-state index is 0.0352. The number of benzene rings is 1. The lowest BCUT2D eigenvalue weighted by atomic mass is 10.1. The molecule has 0 spiro atoms. The summed E-state index contributed by atoms with van der Waals surface area (Å²) in [6.45, 7) is 0. The summed E-state index contributed by atoms with van der Waals surface area (Å²) in [5.41, 5.74) is 7.31. The summed E-state index contributed by atoms with van der Waals surface area (Å²) in [4.78, 5) is 0. The van der Waals surface area contributed by atoms with E-state index in [1.165, 1.54) is 0 Å². The predicted molar refractivity (Wildman–Crippen MR) is 68.0 cm³/mol. The molecule has 3 rings (SSSR count). The normalized spacial score (nSPS) is 21.8. The monoisotopic (exact) mass is 277 g/mol. The first-order chi connectivity index (χ1) is 9.70. The Kier molecular flexibility index (Phi) is 2.97. The van der Waals surface area contributed by atoms with Crippen molar-refractivity contribution in [1.82, 2.24) is 15.6 Å². The van der Waals surface area contributed by atoms with Crippen LogP contribution in [0.1, 0.15) is 22.9 Å². The van der Waals surface area contributed by atoms with Gasteiger partial charge < -0.3 is 16.3 Å². The standard InChI is InChI=1S/C12H12FN5O2/c13-8-5-6-3-1-2-4-7(6)9(8)15-12(16-19)10-11(14)18-20-17-10/h1-4,8-9,19H,5H2,(H2,14,18)(H,15,16)/t8-,9-/m1/s1. The Morgan fingerprint density at radius 2 is 2.25 bits per heavy atom. The second kappa shape index (κ2) is 4.80. The first-order valence-corrected chi connectivity index (χ1v) is 5.99. The van der Waals surface area contributed by atoms with Crippen LogP contribution in [0.5, 0.6) is 0 Å². The zero-order chi connectivity index (χ0) is 14.1. The second-order valence-electron chi connectivity index (χ2n) is 4.49. The number of anilines is 1. The van der Waals surface area contributed by atoms with Gasteiger partial charge in [-0.25, -0.2) is 9.02 Å². The number of alkyl halides is 1. The summed E-state index contributed by atoms with van der Waals surface area (Å²) >= 11 is 0. The van der Waals surface area contributed by atoms with Crippen LogP contribution in [0.3, 0.4) is 0 Å². The Hall–Kier alpha value is -2.64. The molecule has 2 atom stereocenters. The Morgan fingerprint density at radius 3 is 2.95 bits per heavy atom. The van der Waals surface area contributed by atoms with Gasteiger partial charge in [-0.3, -0.25) is 0 Å². The molecule has 0 fully saturated rings. The topological polar surface area (TPSA) is 110 Å². The number of oxime groups is 1. The number of rotatable bonds is 2. The molecular weight excluding hydrogens is 265 g/mol. The van der Waals surface area contributed by atoms with Crippen LogP contribution in [0.2, 0.25) is 0 Å². The van der Waals surface area contributed by atoms with Crippen LogP contribution >= 0.6 is 0 Å². The molecule has 1 aliphatic carbocycles. The number of nitrogens with two attached hydrogens (primary N) is 1. The average molecular weight is 277 g/mol. The summed E-state index contributed by atoms with van der Waals surface area (Å²) < 4.78 is 18.6. The van der Waals surface area contributed by atoms with Crippen LogP contribution in [0.25, 0.3) is 0 Å². The van der Waals surface area contributed by atoms with Crippen molar-refractivity contribution in [2.24, 2.45) is 5.16 Å². The summed E-state index contributed by atoms with van der Waals surface area (Å²) in [5, 5.41) is 21.8. The highest BCUT2D eigenvalue weighted by molar-refractivity contribution is 6.00. The molecule has 0 bridgehead atoms. The molecule has 7 nitrogen and oxygen atoms in total. The number of nitrogens with zero attached hydrogens (tertiary/aromatic N) is 3. The predicted octanol–water partition coefficient (Wildman–Crippen LogP) is 1.01. The van der Waals surface area contributed by atoms with Crippen molar-refractivity contribution < 1.29 is 14.2 Å². The molecule has 4 N–H and O–H groups in total. The molecule has 8 heteroatoms. The number of halogens is 1. The number of fused-ring (bicyclic) bond motifs is 1. The van der Waals surface area contributed by atoms with Gasteiger partial charge in [0, 0.05) is 6.42 Å². The highest BCUT2D eigenvalue weighted by atomic mass is 19.1. The highest BCUT2D eigenvalue weighted by Crippen LogP contribution is 2.33. The zero-order valence-electron chi connectivity index (χ0n) is 10.3. The fourth-order valence-electron chi connectivity index (χ4n) is 2.37. The minimum atomic E-state index is -1.13. The highest BCUT2D eigenvalue weighted by Gasteiger charge is 2.34. The molecule has 1 aliphatic rings. The number of nitrogens with one attached hydrogen (secondary N) is 1. The van der Waals surface area contributed by atoms with Crippen LogP contribution in [-0.4, -0.2) is 27.5 Å². The maximum absolute atomic E-state index is 14.1. The molecule has 0 unspecified atom stereocenters. The Bertz CT molecular complexity index is 657. The maximum atomic E-state index is 14.1. The van der Waals surface area contributed by atoms with Crippen molar-refractivity contribution in [3.05, 3.63) is 41.1 Å². The number of hydrogen-bond acceptors (Lipinski definition) is 6.